The minimum Gasteiger partial charge on any atom is -0.478 e. The van der Waals surface area contributed by atoms with Gasteiger partial charge < -0.3 is 10.4 Å². The molecular formula is C29H31N3O5S. The van der Waals surface area contributed by atoms with Crippen LogP contribution in [0.25, 0.3) is 11.1 Å². The van der Waals surface area contributed by atoms with E-state index in [1.54, 1.807) is 36.4 Å². The van der Waals surface area contributed by atoms with E-state index in [2.05, 4.69) is 16.3 Å². The Hall–Kier alpha value is -3.53. The topological polar surface area (TPSA) is 130 Å². The summed E-state index contributed by atoms with van der Waals surface area (Å²) >= 11 is 0. The third kappa shape index (κ3) is 4.84. The van der Waals surface area contributed by atoms with E-state index in [1.165, 1.54) is 6.07 Å². The summed E-state index contributed by atoms with van der Waals surface area (Å²) in [5, 5.41) is 17.6. The summed E-state index contributed by atoms with van der Waals surface area (Å²) in [5.74, 6) is -0.470. The van der Waals surface area contributed by atoms with E-state index in [0.717, 1.165) is 47.2 Å². The Bertz CT molecular complexity index is 1510. The van der Waals surface area contributed by atoms with Crippen molar-refractivity contribution in [3.8, 4) is 11.1 Å². The van der Waals surface area contributed by atoms with Gasteiger partial charge in [-0.15, -0.1) is 0 Å². The van der Waals surface area contributed by atoms with Crippen molar-refractivity contribution in [1.82, 2.24) is 10.2 Å². The standard InChI is InChI=1S/C29H31N3O5S/c1-18-12-25(38(30,36)37)10-11-26(18)24-5-3-4-20(13-24)16-32-17-21-14-29(32,15-21)28(35)31-19(2)22-6-8-23(9-7-22)27(33)34/h3-13,19,21H,14-17H2,1-2H3,(H,31,35)(H,33,34)(H2,30,36,37)/t19-,21?,29?/m0/s1. The number of hydrogen-bond acceptors (Lipinski definition) is 5. The lowest BCUT2D eigenvalue weighted by Crippen LogP contribution is -2.57. The van der Waals surface area contributed by atoms with Gasteiger partial charge in [-0.2, -0.15) is 0 Å². The molecule has 3 aliphatic rings. The smallest absolute Gasteiger partial charge is 0.335 e. The van der Waals surface area contributed by atoms with Crippen LogP contribution in [-0.2, 0) is 21.4 Å². The van der Waals surface area contributed by atoms with Gasteiger partial charge in [0.05, 0.1) is 16.5 Å². The fraction of sp³-hybridized carbons (Fsp3) is 0.310. The number of aryl methyl sites for hydroxylation is 1. The quantitative estimate of drug-likeness (QED) is 0.403. The molecule has 2 aliphatic heterocycles. The van der Waals surface area contributed by atoms with Crippen LogP contribution >= 0.6 is 0 Å². The monoisotopic (exact) mass is 533 g/mol. The number of primary sulfonamides is 1. The molecule has 1 saturated carbocycles. The zero-order valence-electron chi connectivity index (χ0n) is 21.3. The molecule has 2 bridgehead atoms. The number of carbonyl (C=O) groups excluding carboxylic acids is 1. The van der Waals surface area contributed by atoms with Crippen LogP contribution in [0.3, 0.4) is 0 Å². The fourth-order valence-corrected chi connectivity index (χ4v) is 6.44. The molecule has 4 N–H and O–H groups in total. The predicted octanol–water partition coefficient (Wildman–Crippen LogP) is 3.85. The van der Waals surface area contributed by atoms with Crippen LogP contribution in [0, 0.1) is 12.8 Å². The third-order valence-electron chi connectivity index (χ3n) is 7.90. The first-order chi connectivity index (χ1) is 18.0. The Balaban J connectivity index is 1.31. The SMILES string of the molecule is Cc1cc(S(N)(=O)=O)ccc1-c1cccc(CN2CC3CC2(C(=O)N[C@@H](C)c2ccc(C(=O)O)cc2)C3)c1. The normalized spacial score (nSPS) is 21.5. The number of nitrogens with one attached hydrogen (secondary N) is 1. The highest BCUT2D eigenvalue weighted by Gasteiger charge is 2.60. The van der Waals surface area contributed by atoms with Crippen molar-refractivity contribution in [2.24, 2.45) is 11.1 Å². The molecule has 1 aliphatic carbocycles. The summed E-state index contributed by atoms with van der Waals surface area (Å²) in [6.45, 7) is 5.27. The molecule has 0 radical (unpaired) electrons. The molecule has 0 spiro atoms. The second kappa shape index (κ2) is 9.65. The van der Waals surface area contributed by atoms with Crippen molar-refractivity contribution < 1.29 is 23.1 Å². The number of sulfonamides is 1. The molecule has 3 aromatic rings. The van der Waals surface area contributed by atoms with Crippen LogP contribution in [0.5, 0.6) is 0 Å². The first-order valence-electron chi connectivity index (χ1n) is 12.6. The fourth-order valence-electron chi connectivity index (χ4n) is 5.84. The molecule has 2 heterocycles. The summed E-state index contributed by atoms with van der Waals surface area (Å²) in [4.78, 5) is 27.0. The average Bonchev–Trinajstić information content (AvgIpc) is 3.39. The molecular weight excluding hydrogens is 502 g/mol. The molecule has 0 aromatic heterocycles. The van der Waals surface area contributed by atoms with E-state index in [1.807, 2.05) is 32.0 Å². The average molecular weight is 534 g/mol. The molecule has 1 atom stereocenters. The maximum atomic E-state index is 13.5. The van der Waals surface area contributed by atoms with E-state index in [4.69, 9.17) is 10.2 Å². The van der Waals surface area contributed by atoms with Gasteiger partial charge in [0.15, 0.2) is 0 Å². The summed E-state index contributed by atoms with van der Waals surface area (Å²) < 4.78 is 23.4. The number of aromatic carboxylic acids is 1. The molecule has 1 amide bonds. The molecule has 8 nitrogen and oxygen atoms in total. The van der Waals surface area contributed by atoms with Crippen LogP contribution in [-0.4, -0.2) is 42.4 Å². The maximum absolute atomic E-state index is 13.5. The van der Waals surface area contributed by atoms with Crippen LogP contribution in [0.4, 0.5) is 0 Å². The number of fused-ring (bicyclic) bond motifs is 1. The minimum atomic E-state index is -3.76. The number of nitrogens with two attached hydrogens (primary N) is 1. The van der Waals surface area contributed by atoms with Gasteiger partial charge in [-0.1, -0.05) is 36.4 Å². The van der Waals surface area contributed by atoms with Gasteiger partial charge in [0.25, 0.3) is 0 Å². The van der Waals surface area contributed by atoms with Crippen LogP contribution < -0.4 is 10.5 Å². The van der Waals surface area contributed by atoms with Gasteiger partial charge in [0.1, 0.15) is 5.54 Å². The number of carboxylic acid groups (broad SMARTS) is 1. The number of carboxylic acids is 1. The second-order valence-corrected chi connectivity index (χ2v) is 12.1. The van der Waals surface area contributed by atoms with Crippen molar-refractivity contribution in [3.05, 3.63) is 89.0 Å². The Morgan fingerprint density at radius 3 is 2.45 bits per heavy atom. The van der Waals surface area contributed by atoms with Crippen molar-refractivity contribution in [3.63, 3.8) is 0 Å². The lowest BCUT2D eigenvalue weighted by molar-refractivity contribution is -0.135. The number of benzene rings is 3. The van der Waals surface area contributed by atoms with Crippen LogP contribution in [0.15, 0.2) is 71.6 Å². The predicted molar refractivity (Wildman–Crippen MR) is 144 cm³/mol. The molecule has 0 unspecified atom stereocenters. The summed E-state index contributed by atoms with van der Waals surface area (Å²) in [6, 6.07) is 19.3. The number of hydrogen-bond donors (Lipinski definition) is 3. The van der Waals surface area contributed by atoms with E-state index in [-0.39, 0.29) is 22.4 Å². The largest absolute Gasteiger partial charge is 0.478 e. The maximum Gasteiger partial charge on any atom is 0.335 e. The highest BCUT2D eigenvalue weighted by atomic mass is 32.2. The zero-order valence-corrected chi connectivity index (χ0v) is 22.2. The van der Waals surface area contributed by atoms with Crippen molar-refractivity contribution in [2.75, 3.05) is 6.54 Å². The van der Waals surface area contributed by atoms with E-state index in [0.29, 0.717) is 12.5 Å². The van der Waals surface area contributed by atoms with E-state index < -0.39 is 21.5 Å². The van der Waals surface area contributed by atoms with Gasteiger partial charge in [-0.05, 0) is 90.8 Å². The second-order valence-electron chi connectivity index (χ2n) is 10.5. The zero-order chi connectivity index (χ0) is 27.2. The molecule has 2 saturated heterocycles. The van der Waals surface area contributed by atoms with Gasteiger partial charge >= 0.3 is 5.97 Å². The molecule has 6 rings (SSSR count). The number of nitrogens with zero attached hydrogens (tertiary/aromatic N) is 1. The van der Waals surface area contributed by atoms with Crippen LogP contribution in [0.1, 0.15) is 52.9 Å². The van der Waals surface area contributed by atoms with Crippen molar-refractivity contribution in [1.29, 1.82) is 0 Å². The molecule has 3 aromatic carbocycles. The molecule has 38 heavy (non-hydrogen) atoms. The van der Waals surface area contributed by atoms with Crippen molar-refractivity contribution >= 4 is 21.9 Å². The van der Waals surface area contributed by atoms with Gasteiger partial charge in [-0.25, -0.2) is 18.4 Å². The van der Waals surface area contributed by atoms with Crippen LogP contribution in [0.2, 0.25) is 0 Å². The van der Waals surface area contributed by atoms with Gasteiger partial charge in [-0.3, -0.25) is 9.69 Å². The van der Waals surface area contributed by atoms with Crippen molar-refractivity contribution in [2.45, 2.75) is 49.7 Å². The van der Waals surface area contributed by atoms with E-state index in [9.17, 15) is 18.0 Å². The lowest BCUT2D eigenvalue weighted by atomic mass is 9.72. The first-order valence-corrected chi connectivity index (χ1v) is 14.1. The highest BCUT2D eigenvalue weighted by Crippen LogP contribution is 2.51. The molecule has 198 valence electrons. The summed E-state index contributed by atoms with van der Waals surface area (Å²) in [6.07, 6.45) is 1.66. The number of carbonyl (C=O) groups is 2. The third-order valence-corrected chi connectivity index (χ3v) is 8.81. The Morgan fingerprint density at radius 1 is 1.11 bits per heavy atom. The Morgan fingerprint density at radius 2 is 1.82 bits per heavy atom. The van der Waals surface area contributed by atoms with Gasteiger partial charge in [0, 0.05) is 13.1 Å². The number of amides is 1. The van der Waals surface area contributed by atoms with Gasteiger partial charge in [0.2, 0.25) is 15.9 Å². The Kier molecular flexibility index (Phi) is 6.63. The number of rotatable bonds is 8. The minimum absolute atomic E-state index is 0.00615. The van der Waals surface area contributed by atoms with E-state index >= 15 is 0 Å². The lowest BCUT2D eigenvalue weighted by Gasteiger charge is -2.41. The first kappa shape index (κ1) is 26.1. The highest BCUT2D eigenvalue weighted by molar-refractivity contribution is 7.89. The molecule has 3 fully saturated rings. The summed E-state index contributed by atoms with van der Waals surface area (Å²) in [5.41, 5.74) is 4.34. The Labute approximate surface area is 222 Å². The summed E-state index contributed by atoms with van der Waals surface area (Å²) in [7, 11) is -3.76. The molecule has 9 heteroatoms.